The van der Waals surface area contributed by atoms with Crippen molar-refractivity contribution < 1.29 is 14.6 Å². The molecular formula is C13H18N2O3. The van der Waals surface area contributed by atoms with Gasteiger partial charge in [-0.15, -0.1) is 0 Å². The predicted molar refractivity (Wildman–Crippen MR) is 68.6 cm³/mol. The van der Waals surface area contributed by atoms with E-state index in [1.165, 1.54) is 6.07 Å². The lowest BCUT2D eigenvalue weighted by molar-refractivity contribution is 0.0615. The molecule has 0 aliphatic heterocycles. The lowest BCUT2D eigenvalue weighted by Crippen LogP contribution is -2.42. The van der Waals surface area contributed by atoms with Crippen molar-refractivity contribution in [2.45, 2.75) is 19.3 Å². The number of nitrogens with two attached hydrogens (primary N) is 2. The molecule has 1 aromatic carbocycles. The van der Waals surface area contributed by atoms with E-state index in [2.05, 4.69) is 0 Å². The Bertz CT molecular complexity index is 450. The van der Waals surface area contributed by atoms with E-state index >= 15 is 0 Å². The molecule has 0 bridgehead atoms. The summed E-state index contributed by atoms with van der Waals surface area (Å²) in [7, 11) is 0. The smallest absolute Gasteiger partial charge is 0.339 e. The number of hydrogen-bond donors (Lipinski definition) is 3. The second-order valence-electron chi connectivity index (χ2n) is 4.88. The van der Waals surface area contributed by atoms with Crippen molar-refractivity contribution in [2.75, 3.05) is 18.9 Å². The summed E-state index contributed by atoms with van der Waals surface area (Å²) < 4.78 is 5.64. The topological polar surface area (TPSA) is 98.6 Å². The molecule has 0 atom stereocenters. The monoisotopic (exact) mass is 250 g/mol. The molecule has 5 N–H and O–H groups in total. The number of para-hydroxylation sites is 1. The second kappa shape index (κ2) is 4.86. The largest absolute Gasteiger partial charge is 0.490 e. The van der Waals surface area contributed by atoms with E-state index in [0.29, 0.717) is 18.8 Å². The fraction of sp³-hybridized carbons (Fsp3) is 0.462. The summed E-state index contributed by atoms with van der Waals surface area (Å²) >= 11 is 0. The predicted octanol–water partition coefficient (Wildman–Crippen LogP) is 1.47. The Kier molecular flexibility index (Phi) is 3.43. The van der Waals surface area contributed by atoms with E-state index in [1.807, 2.05) is 0 Å². The molecule has 1 aromatic rings. The van der Waals surface area contributed by atoms with Crippen LogP contribution in [-0.2, 0) is 0 Å². The van der Waals surface area contributed by atoms with Crippen molar-refractivity contribution in [1.29, 1.82) is 0 Å². The van der Waals surface area contributed by atoms with Crippen LogP contribution in [0.1, 0.15) is 29.6 Å². The molecular weight excluding hydrogens is 232 g/mol. The van der Waals surface area contributed by atoms with Crippen molar-refractivity contribution in [3.63, 3.8) is 0 Å². The molecule has 18 heavy (non-hydrogen) atoms. The van der Waals surface area contributed by atoms with Crippen LogP contribution in [0.3, 0.4) is 0 Å². The zero-order valence-electron chi connectivity index (χ0n) is 10.2. The molecule has 1 aliphatic rings. The van der Waals surface area contributed by atoms with Crippen molar-refractivity contribution in [1.82, 2.24) is 0 Å². The average molecular weight is 250 g/mol. The quantitative estimate of drug-likeness (QED) is 0.687. The third-order valence-electron chi connectivity index (χ3n) is 3.65. The van der Waals surface area contributed by atoms with Gasteiger partial charge in [0.1, 0.15) is 5.56 Å². The Balaban J connectivity index is 2.15. The molecule has 1 fully saturated rings. The summed E-state index contributed by atoms with van der Waals surface area (Å²) in [6, 6.07) is 4.73. The highest BCUT2D eigenvalue weighted by atomic mass is 16.5. The van der Waals surface area contributed by atoms with Gasteiger partial charge in [0.2, 0.25) is 0 Å². The number of rotatable bonds is 5. The highest BCUT2D eigenvalue weighted by molar-refractivity contribution is 5.93. The molecule has 0 amide bonds. The molecule has 0 spiro atoms. The minimum absolute atomic E-state index is 0.00193. The molecule has 2 rings (SSSR count). The van der Waals surface area contributed by atoms with Gasteiger partial charge in [-0.1, -0.05) is 12.5 Å². The van der Waals surface area contributed by atoms with E-state index in [-0.39, 0.29) is 16.7 Å². The van der Waals surface area contributed by atoms with Crippen LogP contribution in [-0.4, -0.2) is 24.2 Å². The van der Waals surface area contributed by atoms with Crippen molar-refractivity contribution in [2.24, 2.45) is 11.1 Å². The Hall–Kier alpha value is -1.75. The number of anilines is 1. The summed E-state index contributed by atoms with van der Waals surface area (Å²) in [5.74, 6) is -0.780. The third-order valence-corrected chi connectivity index (χ3v) is 3.65. The van der Waals surface area contributed by atoms with Gasteiger partial charge >= 0.3 is 5.97 Å². The summed E-state index contributed by atoms with van der Waals surface area (Å²) in [5.41, 5.74) is 12.0. The summed E-state index contributed by atoms with van der Waals surface area (Å²) in [4.78, 5) is 11.1. The van der Waals surface area contributed by atoms with E-state index in [1.54, 1.807) is 12.1 Å². The van der Waals surface area contributed by atoms with Crippen LogP contribution in [0, 0.1) is 5.41 Å². The van der Waals surface area contributed by atoms with Gasteiger partial charge in [0.25, 0.3) is 0 Å². The molecule has 0 radical (unpaired) electrons. The maximum Gasteiger partial charge on any atom is 0.339 e. The van der Waals surface area contributed by atoms with Gasteiger partial charge in [0, 0.05) is 12.0 Å². The second-order valence-corrected chi connectivity index (χ2v) is 4.88. The van der Waals surface area contributed by atoms with Gasteiger partial charge in [-0.2, -0.15) is 0 Å². The van der Waals surface area contributed by atoms with Crippen molar-refractivity contribution >= 4 is 11.7 Å². The number of benzene rings is 1. The Labute approximate surface area is 106 Å². The van der Waals surface area contributed by atoms with Crippen LogP contribution in [0.2, 0.25) is 0 Å². The summed E-state index contributed by atoms with van der Waals surface area (Å²) in [5, 5.41) is 9.09. The van der Waals surface area contributed by atoms with Gasteiger partial charge in [-0.25, -0.2) is 4.79 Å². The number of hydrogen-bond acceptors (Lipinski definition) is 4. The first-order valence-electron chi connectivity index (χ1n) is 6.03. The van der Waals surface area contributed by atoms with Crippen LogP contribution < -0.4 is 16.2 Å². The lowest BCUT2D eigenvalue weighted by Gasteiger charge is -2.40. The van der Waals surface area contributed by atoms with Crippen LogP contribution in [0.5, 0.6) is 5.75 Å². The highest BCUT2D eigenvalue weighted by Gasteiger charge is 2.36. The molecule has 1 aliphatic carbocycles. The number of carboxylic acids is 1. The lowest BCUT2D eigenvalue weighted by atomic mass is 9.69. The number of carbonyl (C=O) groups is 1. The van der Waals surface area contributed by atoms with Gasteiger partial charge in [0.05, 0.1) is 12.3 Å². The summed E-state index contributed by atoms with van der Waals surface area (Å²) in [6.45, 7) is 0.986. The maximum atomic E-state index is 11.1. The van der Waals surface area contributed by atoms with Gasteiger partial charge in [-0.3, -0.25) is 0 Å². The minimum atomic E-state index is -1.03. The van der Waals surface area contributed by atoms with Gasteiger partial charge in [-0.05, 0) is 25.0 Å². The highest BCUT2D eigenvalue weighted by Crippen LogP contribution is 2.41. The zero-order valence-corrected chi connectivity index (χ0v) is 10.2. The summed E-state index contributed by atoms with van der Waals surface area (Å²) in [6.07, 6.45) is 3.20. The fourth-order valence-corrected chi connectivity index (χ4v) is 2.19. The average Bonchev–Trinajstić information content (AvgIpc) is 2.29. The normalized spacial score (nSPS) is 16.9. The first kappa shape index (κ1) is 12.7. The van der Waals surface area contributed by atoms with Crippen LogP contribution >= 0.6 is 0 Å². The Morgan fingerprint density at radius 3 is 2.67 bits per heavy atom. The van der Waals surface area contributed by atoms with E-state index in [4.69, 9.17) is 21.3 Å². The maximum absolute atomic E-state index is 11.1. The molecule has 1 saturated carbocycles. The molecule has 98 valence electrons. The van der Waals surface area contributed by atoms with E-state index in [0.717, 1.165) is 19.3 Å². The number of ether oxygens (including phenoxy) is 1. The molecule has 0 aromatic heterocycles. The molecule has 0 heterocycles. The van der Waals surface area contributed by atoms with Gasteiger partial charge < -0.3 is 21.3 Å². The van der Waals surface area contributed by atoms with E-state index in [9.17, 15) is 4.79 Å². The molecule has 0 saturated heterocycles. The minimum Gasteiger partial charge on any atom is -0.490 e. The number of aromatic carboxylic acids is 1. The molecule has 5 nitrogen and oxygen atoms in total. The number of carboxylic acid groups (broad SMARTS) is 1. The van der Waals surface area contributed by atoms with Gasteiger partial charge in [0.15, 0.2) is 5.75 Å². The van der Waals surface area contributed by atoms with Crippen molar-refractivity contribution in [3.05, 3.63) is 23.8 Å². The van der Waals surface area contributed by atoms with Crippen LogP contribution in [0.4, 0.5) is 5.69 Å². The van der Waals surface area contributed by atoms with Crippen LogP contribution in [0.25, 0.3) is 0 Å². The Morgan fingerprint density at radius 1 is 1.44 bits per heavy atom. The molecule has 0 unspecified atom stereocenters. The SMILES string of the molecule is NCC1(COc2c(N)cccc2C(=O)O)CCC1. The zero-order chi connectivity index (χ0) is 13.2. The fourth-order valence-electron chi connectivity index (χ4n) is 2.19. The third kappa shape index (κ3) is 2.26. The first-order valence-corrected chi connectivity index (χ1v) is 6.03. The standard InChI is InChI=1S/C13H18N2O3/c14-7-13(5-2-6-13)8-18-11-9(12(16)17)3-1-4-10(11)15/h1,3-4H,2,5-8,14-15H2,(H,16,17). The van der Waals surface area contributed by atoms with Crippen molar-refractivity contribution in [3.8, 4) is 5.75 Å². The molecule has 5 heteroatoms. The first-order chi connectivity index (χ1) is 8.58. The van der Waals surface area contributed by atoms with E-state index < -0.39 is 5.97 Å². The number of nitrogen functional groups attached to an aromatic ring is 1. The Morgan fingerprint density at radius 2 is 2.17 bits per heavy atom. The van der Waals surface area contributed by atoms with Crippen LogP contribution in [0.15, 0.2) is 18.2 Å².